The Kier molecular flexibility index (Phi) is 5.60. The van der Waals surface area contributed by atoms with Crippen LogP contribution in [0.25, 0.3) is 0 Å². The molecule has 1 heterocycles. The molecule has 0 fully saturated rings. The predicted molar refractivity (Wildman–Crippen MR) is 78.6 cm³/mol. The smallest absolute Gasteiger partial charge is 0.434 e. The first kappa shape index (κ1) is 16.8. The van der Waals surface area contributed by atoms with E-state index < -0.39 is 18.0 Å². The quantitative estimate of drug-likeness (QED) is 0.871. The van der Waals surface area contributed by atoms with Gasteiger partial charge in [-0.05, 0) is 11.5 Å². The summed E-state index contributed by atoms with van der Waals surface area (Å²) >= 11 is 0.794. The molecule has 0 bridgehead atoms. The highest BCUT2D eigenvalue weighted by Crippen LogP contribution is 2.29. The zero-order valence-corrected chi connectivity index (χ0v) is 12.5. The molecule has 1 aromatic carbocycles. The Balaban J connectivity index is 1.75. The molecule has 4 nitrogen and oxygen atoms in total. The monoisotopic (exact) mass is 340 g/mol. The summed E-state index contributed by atoms with van der Waals surface area (Å²) in [5, 5.41) is 3.31. The van der Waals surface area contributed by atoms with Crippen LogP contribution in [0, 0.1) is 11.8 Å². The van der Waals surface area contributed by atoms with E-state index in [2.05, 4.69) is 22.1 Å². The Hall–Kier alpha value is -2.53. The van der Waals surface area contributed by atoms with Gasteiger partial charge in [0.2, 0.25) is 0 Å². The van der Waals surface area contributed by atoms with Crippen molar-refractivity contribution in [1.82, 2.24) is 10.3 Å². The third-order valence-corrected chi connectivity index (χ3v) is 3.28. The van der Waals surface area contributed by atoms with Gasteiger partial charge >= 0.3 is 12.3 Å². The minimum atomic E-state index is -4.48. The predicted octanol–water partition coefficient (Wildman–Crippen LogP) is 3.44. The molecule has 120 valence electrons. The van der Waals surface area contributed by atoms with Gasteiger partial charge in [0.15, 0.2) is 10.7 Å². The Bertz CT molecular complexity index is 718. The summed E-state index contributed by atoms with van der Waals surface area (Å²) < 4.78 is 42.0. The Morgan fingerprint density at radius 1 is 1.30 bits per heavy atom. The van der Waals surface area contributed by atoms with E-state index in [1.165, 1.54) is 0 Å². The molecule has 2 rings (SSSR count). The molecule has 0 aliphatic rings. The number of halogens is 3. The van der Waals surface area contributed by atoms with Crippen LogP contribution < -0.4 is 5.32 Å². The number of carbonyl (C=O) groups is 1. The first-order chi connectivity index (χ1) is 10.9. The second-order valence-electron chi connectivity index (χ2n) is 4.25. The fourth-order valence-corrected chi connectivity index (χ4v) is 2.16. The molecule has 0 aliphatic heterocycles. The standard InChI is InChI=1S/C15H11F3N2O2S/c16-15(17,18)12-10-23-13(20-12)7-4-8-19-14(21)22-9-11-5-2-1-3-6-11/h1-3,5-6,10H,8-9H2,(H,19,21). The maximum absolute atomic E-state index is 12.3. The number of rotatable bonds is 3. The minimum Gasteiger partial charge on any atom is -0.445 e. The lowest BCUT2D eigenvalue weighted by molar-refractivity contribution is -0.140. The lowest BCUT2D eigenvalue weighted by Gasteiger charge is -2.04. The molecule has 1 amide bonds. The summed E-state index contributed by atoms with van der Waals surface area (Å²) in [6.07, 6.45) is -5.13. The van der Waals surface area contributed by atoms with Gasteiger partial charge in [-0.2, -0.15) is 13.2 Å². The van der Waals surface area contributed by atoms with Gasteiger partial charge in [-0.3, -0.25) is 0 Å². The second kappa shape index (κ2) is 7.65. The van der Waals surface area contributed by atoms with Crippen LogP contribution in [0.5, 0.6) is 0 Å². The first-order valence-electron chi connectivity index (χ1n) is 6.41. The van der Waals surface area contributed by atoms with E-state index in [0.717, 1.165) is 22.3 Å². The van der Waals surface area contributed by atoms with Gasteiger partial charge in [-0.15, -0.1) is 11.3 Å². The average molecular weight is 340 g/mol. The third kappa shape index (κ3) is 5.64. The Labute approximate surface area is 134 Å². The number of benzene rings is 1. The Morgan fingerprint density at radius 2 is 2.04 bits per heavy atom. The van der Waals surface area contributed by atoms with Crippen molar-refractivity contribution in [3.63, 3.8) is 0 Å². The molecule has 2 aromatic rings. The van der Waals surface area contributed by atoms with Crippen molar-refractivity contribution in [3.05, 3.63) is 52.0 Å². The van der Waals surface area contributed by atoms with Crippen LogP contribution in [0.4, 0.5) is 18.0 Å². The summed E-state index contributed by atoms with van der Waals surface area (Å²) in [5.74, 6) is 4.97. The molecule has 1 aromatic heterocycles. The number of alkyl halides is 3. The van der Waals surface area contributed by atoms with Crippen LogP contribution in [0.1, 0.15) is 16.3 Å². The van der Waals surface area contributed by atoms with Crippen LogP contribution in [-0.2, 0) is 17.5 Å². The summed E-state index contributed by atoms with van der Waals surface area (Å²) in [6, 6.07) is 9.13. The molecule has 0 radical (unpaired) electrons. The number of hydrogen-bond donors (Lipinski definition) is 1. The van der Waals surface area contributed by atoms with Crippen molar-refractivity contribution < 1.29 is 22.7 Å². The van der Waals surface area contributed by atoms with Gasteiger partial charge in [0.1, 0.15) is 6.61 Å². The van der Waals surface area contributed by atoms with Crippen molar-refractivity contribution in [1.29, 1.82) is 0 Å². The molecule has 0 unspecified atom stereocenters. The number of ether oxygens (including phenoxy) is 1. The number of amides is 1. The van der Waals surface area contributed by atoms with Crippen LogP contribution >= 0.6 is 11.3 Å². The number of carbonyl (C=O) groups excluding carboxylic acids is 1. The highest BCUT2D eigenvalue weighted by atomic mass is 32.1. The van der Waals surface area contributed by atoms with Crippen molar-refractivity contribution in [2.45, 2.75) is 12.8 Å². The van der Waals surface area contributed by atoms with E-state index in [0.29, 0.717) is 0 Å². The summed E-state index contributed by atoms with van der Waals surface area (Å²) in [4.78, 5) is 14.8. The van der Waals surface area contributed by atoms with Crippen molar-refractivity contribution in [2.24, 2.45) is 0 Å². The van der Waals surface area contributed by atoms with Crippen LogP contribution in [0.15, 0.2) is 35.7 Å². The number of nitrogens with one attached hydrogen (secondary N) is 1. The number of nitrogens with zero attached hydrogens (tertiary/aromatic N) is 1. The normalized spacial score (nSPS) is 10.6. The molecular formula is C15H11F3N2O2S. The van der Waals surface area contributed by atoms with E-state index in [1.54, 1.807) is 0 Å². The van der Waals surface area contributed by atoms with Gasteiger partial charge < -0.3 is 10.1 Å². The zero-order valence-electron chi connectivity index (χ0n) is 11.7. The van der Waals surface area contributed by atoms with E-state index in [9.17, 15) is 18.0 Å². The molecule has 0 atom stereocenters. The van der Waals surface area contributed by atoms with Crippen LogP contribution in [-0.4, -0.2) is 17.6 Å². The number of hydrogen-bond acceptors (Lipinski definition) is 4. The molecule has 8 heteroatoms. The zero-order chi connectivity index (χ0) is 16.7. The first-order valence-corrected chi connectivity index (χ1v) is 7.29. The molecular weight excluding hydrogens is 329 g/mol. The van der Waals surface area contributed by atoms with Crippen LogP contribution in [0.2, 0.25) is 0 Å². The lowest BCUT2D eigenvalue weighted by Crippen LogP contribution is -2.24. The summed E-state index contributed by atoms with van der Waals surface area (Å²) in [6.45, 7) is 0.0794. The average Bonchev–Trinajstić information content (AvgIpc) is 3.00. The van der Waals surface area contributed by atoms with E-state index in [4.69, 9.17) is 4.74 Å². The van der Waals surface area contributed by atoms with E-state index in [-0.39, 0.29) is 18.2 Å². The van der Waals surface area contributed by atoms with Gasteiger partial charge in [-0.25, -0.2) is 9.78 Å². The molecule has 0 saturated heterocycles. The molecule has 0 aliphatic carbocycles. The van der Waals surface area contributed by atoms with Gasteiger partial charge in [-0.1, -0.05) is 36.3 Å². The van der Waals surface area contributed by atoms with Crippen molar-refractivity contribution >= 4 is 17.4 Å². The van der Waals surface area contributed by atoms with E-state index in [1.807, 2.05) is 30.3 Å². The second-order valence-corrected chi connectivity index (χ2v) is 5.11. The highest BCUT2D eigenvalue weighted by molar-refractivity contribution is 7.10. The van der Waals surface area contributed by atoms with E-state index >= 15 is 0 Å². The minimum absolute atomic E-state index is 0.0387. The third-order valence-electron chi connectivity index (χ3n) is 2.52. The van der Waals surface area contributed by atoms with Crippen molar-refractivity contribution in [3.8, 4) is 11.8 Å². The molecule has 0 saturated carbocycles. The maximum Gasteiger partial charge on any atom is 0.434 e. The van der Waals surface area contributed by atoms with Crippen molar-refractivity contribution in [2.75, 3.05) is 6.54 Å². The number of thiazole rings is 1. The number of alkyl carbamates (subject to hydrolysis) is 1. The van der Waals surface area contributed by atoms with Gasteiger partial charge in [0.25, 0.3) is 0 Å². The largest absolute Gasteiger partial charge is 0.445 e. The summed E-state index contributed by atoms with van der Waals surface area (Å²) in [7, 11) is 0. The SMILES string of the molecule is O=C(NCC#Cc1nc(C(F)(F)F)cs1)OCc1ccccc1. The van der Waals surface area contributed by atoms with Gasteiger partial charge in [0.05, 0.1) is 6.54 Å². The Morgan fingerprint density at radius 3 is 2.70 bits per heavy atom. The van der Waals surface area contributed by atoms with Crippen LogP contribution in [0.3, 0.4) is 0 Å². The molecule has 1 N–H and O–H groups in total. The maximum atomic E-state index is 12.3. The highest BCUT2D eigenvalue weighted by Gasteiger charge is 2.33. The topological polar surface area (TPSA) is 51.2 Å². The fraction of sp³-hybridized carbons (Fsp3) is 0.200. The fourth-order valence-electron chi connectivity index (χ4n) is 1.47. The molecule has 0 spiro atoms. The lowest BCUT2D eigenvalue weighted by atomic mass is 10.2. The van der Waals surface area contributed by atoms with Gasteiger partial charge in [0, 0.05) is 5.38 Å². The molecule has 23 heavy (non-hydrogen) atoms. The summed E-state index contributed by atoms with van der Waals surface area (Å²) in [5.41, 5.74) is -0.127. The number of aromatic nitrogens is 1.